The van der Waals surface area contributed by atoms with E-state index in [9.17, 15) is 0 Å². The van der Waals surface area contributed by atoms with Crippen LogP contribution in [0.3, 0.4) is 0 Å². The molecule has 1 aromatic carbocycles. The van der Waals surface area contributed by atoms with Gasteiger partial charge in [-0.25, -0.2) is 0 Å². The number of rotatable bonds is 5. The van der Waals surface area contributed by atoms with Crippen molar-refractivity contribution in [3.05, 3.63) is 33.8 Å². The minimum absolute atomic E-state index is 0.188. The molecular formula is C12H16Cl2N2S. The predicted octanol–water partition coefficient (Wildman–Crippen LogP) is 3.35. The van der Waals surface area contributed by atoms with Crippen LogP contribution in [-0.4, -0.2) is 23.5 Å². The monoisotopic (exact) mass is 290 g/mol. The van der Waals surface area contributed by atoms with Crippen LogP contribution in [0.1, 0.15) is 12.5 Å². The molecule has 0 heterocycles. The highest BCUT2D eigenvalue weighted by atomic mass is 35.5. The zero-order valence-electron chi connectivity index (χ0n) is 9.91. The maximum absolute atomic E-state index is 6.10. The molecule has 2 nitrogen and oxygen atoms in total. The first kappa shape index (κ1) is 14.7. The van der Waals surface area contributed by atoms with Crippen molar-refractivity contribution < 1.29 is 0 Å². The van der Waals surface area contributed by atoms with Gasteiger partial charge in [0.05, 0.1) is 4.99 Å². The van der Waals surface area contributed by atoms with Gasteiger partial charge in [0.15, 0.2) is 0 Å². The second-order valence-corrected chi connectivity index (χ2v) is 5.55. The molecule has 0 saturated carbocycles. The Hall–Kier alpha value is -0.350. The zero-order chi connectivity index (χ0) is 13.0. The molecule has 0 bridgehead atoms. The Kier molecular flexibility index (Phi) is 5.67. The van der Waals surface area contributed by atoms with Crippen LogP contribution in [0.4, 0.5) is 0 Å². The molecule has 0 spiro atoms. The lowest BCUT2D eigenvalue weighted by atomic mass is 10.1. The van der Waals surface area contributed by atoms with Crippen LogP contribution in [0, 0.1) is 5.92 Å². The Morgan fingerprint density at radius 2 is 2.12 bits per heavy atom. The normalized spacial score (nSPS) is 12.8. The number of benzene rings is 1. The van der Waals surface area contributed by atoms with E-state index < -0.39 is 0 Å². The van der Waals surface area contributed by atoms with Gasteiger partial charge in [-0.1, -0.05) is 42.3 Å². The third-order valence-corrected chi connectivity index (χ3v) is 3.53. The summed E-state index contributed by atoms with van der Waals surface area (Å²) in [4.78, 5) is 2.66. The molecule has 0 aromatic heterocycles. The van der Waals surface area contributed by atoms with Crippen molar-refractivity contribution in [2.75, 3.05) is 13.6 Å². The lowest BCUT2D eigenvalue weighted by Crippen LogP contribution is -2.31. The summed E-state index contributed by atoms with van der Waals surface area (Å²) in [5.74, 6) is 0.188. The minimum atomic E-state index is 0.188. The summed E-state index contributed by atoms with van der Waals surface area (Å²) in [6.07, 6.45) is 0. The van der Waals surface area contributed by atoms with E-state index >= 15 is 0 Å². The van der Waals surface area contributed by atoms with Crippen LogP contribution in [0.25, 0.3) is 0 Å². The van der Waals surface area contributed by atoms with Crippen LogP contribution in [0.15, 0.2) is 18.2 Å². The van der Waals surface area contributed by atoms with Crippen molar-refractivity contribution >= 4 is 40.4 Å². The van der Waals surface area contributed by atoms with Crippen LogP contribution in [-0.2, 0) is 6.54 Å². The van der Waals surface area contributed by atoms with Gasteiger partial charge in [-0.3, -0.25) is 0 Å². The lowest BCUT2D eigenvalue weighted by molar-refractivity contribution is 0.308. The van der Waals surface area contributed by atoms with E-state index in [-0.39, 0.29) is 5.92 Å². The molecule has 0 saturated heterocycles. The third-order valence-electron chi connectivity index (χ3n) is 2.52. The first-order valence-electron chi connectivity index (χ1n) is 5.32. The molecule has 1 rings (SSSR count). The molecule has 94 valence electrons. The van der Waals surface area contributed by atoms with Gasteiger partial charge in [-0.2, -0.15) is 0 Å². The summed E-state index contributed by atoms with van der Waals surface area (Å²) in [5, 5.41) is 1.42. The van der Waals surface area contributed by atoms with Gasteiger partial charge in [0, 0.05) is 29.1 Å². The van der Waals surface area contributed by atoms with Crippen molar-refractivity contribution in [1.82, 2.24) is 4.90 Å². The molecule has 1 unspecified atom stereocenters. The standard InChI is InChI=1S/C12H16Cl2N2S/c1-8(12(15)17)6-16(2)7-9-5-10(13)3-4-11(9)14/h3-5,8H,6-7H2,1-2H3,(H2,15,17). The van der Waals surface area contributed by atoms with Crippen molar-refractivity contribution in [3.63, 3.8) is 0 Å². The second-order valence-electron chi connectivity index (χ2n) is 4.24. The third kappa shape index (κ3) is 4.80. The van der Waals surface area contributed by atoms with E-state index in [1.54, 1.807) is 6.07 Å². The van der Waals surface area contributed by atoms with Crippen molar-refractivity contribution in [2.45, 2.75) is 13.5 Å². The Bertz CT molecular complexity index is 409. The lowest BCUT2D eigenvalue weighted by Gasteiger charge is -2.21. The van der Waals surface area contributed by atoms with E-state index in [1.807, 2.05) is 26.1 Å². The van der Waals surface area contributed by atoms with Gasteiger partial charge in [0.25, 0.3) is 0 Å². The van der Waals surface area contributed by atoms with Crippen molar-refractivity contribution in [1.29, 1.82) is 0 Å². The molecule has 1 atom stereocenters. The van der Waals surface area contributed by atoms with Gasteiger partial charge >= 0.3 is 0 Å². The van der Waals surface area contributed by atoms with Crippen molar-refractivity contribution in [3.8, 4) is 0 Å². The summed E-state index contributed by atoms with van der Waals surface area (Å²) in [6.45, 7) is 3.54. The van der Waals surface area contributed by atoms with Gasteiger partial charge in [0.1, 0.15) is 0 Å². The molecule has 1 aromatic rings. The second kappa shape index (κ2) is 6.55. The molecule has 5 heteroatoms. The molecule has 17 heavy (non-hydrogen) atoms. The summed E-state index contributed by atoms with van der Waals surface area (Å²) in [6, 6.07) is 5.47. The van der Waals surface area contributed by atoms with E-state index in [2.05, 4.69) is 4.90 Å². The first-order chi connectivity index (χ1) is 7.90. The largest absolute Gasteiger partial charge is 0.393 e. The first-order valence-corrected chi connectivity index (χ1v) is 6.48. The average Bonchev–Trinajstić information content (AvgIpc) is 2.23. The fourth-order valence-electron chi connectivity index (χ4n) is 1.58. The summed E-state index contributed by atoms with van der Waals surface area (Å²) in [7, 11) is 2.01. The number of thiocarbonyl (C=S) groups is 1. The molecule has 0 radical (unpaired) electrons. The van der Waals surface area contributed by atoms with Crippen LogP contribution in [0.2, 0.25) is 10.0 Å². The number of halogens is 2. The van der Waals surface area contributed by atoms with Gasteiger partial charge < -0.3 is 10.6 Å². The van der Waals surface area contributed by atoms with Crippen molar-refractivity contribution in [2.24, 2.45) is 11.7 Å². The highest BCUT2D eigenvalue weighted by Crippen LogP contribution is 2.21. The van der Waals surface area contributed by atoms with Gasteiger partial charge in [-0.05, 0) is 30.8 Å². The van der Waals surface area contributed by atoms with E-state index in [4.69, 9.17) is 41.2 Å². The number of hydrogen-bond donors (Lipinski definition) is 1. The maximum Gasteiger partial charge on any atom is 0.0768 e. The van der Waals surface area contributed by atoms with E-state index in [0.717, 1.165) is 23.7 Å². The molecule has 0 aliphatic heterocycles. The molecular weight excluding hydrogens is 275 g/mol. The highest BCUT2D eigenvalue weighted by molar-refractivity contribution is 7.80. The summed E-state index contributed by atoms with van der Waals surface area (Å²) >= 11 is 17.0. The van der Waals surface area contributed by atoms with Crippen LogP contribution in [0.5, 0.6) is 0 Å². The topological polar surface area (TPSA) is 29.3 Å². The SMILES string of the molecule is CC(CN(C)Cc1cc(Cl)ccc1Cl)C(N)=S. The smallest absolute Gasteiger partial charge is 0.0768 e. The number of nitrogens with two attached hydrogens (primary N) is 1. The van der Waals surface area contributed by atoms with Crippen LogP contribution < -0.4 is 5.73 Å². The minimum Gasteiger partial charge on any atom is -0.393 e. The fourth-order valence-corrected chi connectivity index (χ4v) is 2.02. The van der Waals surface area contributed by atoms with Gasteiger partial charge in [-0.15, -0.1) is 0 Å². The zero-order valence-corrected chi connectivity index (χ0v) is 12.2. The fraction of sp³-hybridized carbons (Fsp3) is 0.417. The average molecular weight is 291 g/mol. The summed E-state index contributed by atoms with van der Waals surface area (Å²) in [5.41, 5.74) is 6.60. The Morgan fingerprint density at radius 3 is 2.71 bits per heavy atom. The highest BCUT2D eigenvalue weighted by Gasteiger charge is 2.10. The Balaban J connectivity index is 2.64. The number of nitrogens with zero attached hydrogens (tertiary/aromatic N) is 1. The Labute approximate surface area is 118 Å². The molecule has 2 N–H and O–H groups in total. The molecule has 0 amide bonds. The van der Waals surface area contributed by atoms with Crippen LogP contribution >= 0.6 is 35.4 Å². The molecule has 0 aliphatic rings. The van der Waals surface area contributed by atoms with E-state index in [1.165, 1.54) is 0 Å². The summed E-state index contributed by atoms with van der Waals surface area (Å²) < 4.78 is 0. The molecule has 0 fully saturated rings. The Morgan fingerprint density at radius 1 is 1.47 bits per heavy atom. The van der Waals surface area contributed by atoms with E-state index in [0.29, 0.717) is 10.0 Å². The maximum atomic E-state index is 6.10. The van der Waals surface area contributed by atoms with Gasteiger partial charge in [0.2, 0.25) is 0 Å². The molecule has 0 aliphatic carbocycles. The number of hydrogen-bond acceptors (Lipinski definition) is 2. The predicted molar refractivity (Wildman–Crippen MR) is 78.7 cm³/mol. The quantitative estimate of drug-likeness (QED) is 0.844.